The molecule has 0 saturated carbocycles. The Morgan fingerprint density at radius 1 is 1.28 bits per heavy atom. The van der Waals surface area contributed by atoms with E-state index in [1.807, 2.05) is 19.1 Å². The van der Waals surface area contributed by atoms with Gasteiger partial charge in [0.1, 0.15) is 11.4 Å². The topological polar surface area (TPSA) is 53.2 Å². The first kappa shape index (κ1) is 14.7. The lowest BCUT2D eigenvalue weighted by molar-refractivity contribution is 0.130. The second-order valence-corrected chi connectivity index (χ2v) is 10.2. The van der Waals surface area contributed by atoms with Crippen LogP contribution in [0, 0.1) is 11.3 Å². The van der Waals surface area contributed by atoms with Crippen LogP contribution in [-0.2, 0) is 10.8 Å². The molecule has 1 rings (SSSR count). The average molecular weight is 263 g/mol. The summed E-state index contributed by atoms with van der Waals surface area (Å²) in [5, 5.41) is 18.5. The van der Waals surface area contributed by atoms with Gasteiger partial charge in [0.05, 0.1) is 6.07 Å². The van der Waals surface area contributed by atoms with Crippen LogP contribution < -0.4 is 0 Å². The van der Waals surface area contributed by atoms with Gasteiger partial charge in [0, 0.05) is 0 Å². The molecule has 0 amide bonds. The van der Waals surface area contributed by atoms with Crippen LogP contribution in [0.15, 0.2) is 24.3 Å². The van der Waals surface area contributed by atoms with Crippen LogP contribution >= 0.6 is 0 Å². The molecular weight excluding hydrogens is 242 g/mol. The van der Waals surface area contributed by atoms with Gasteiger partial charge in [-0.1, -0.05) is 12.1 Å². The average Bonchev–Trinajstić information content (AvgIpc) is 2.26. The van der Waals surface area contributed by atoms with Crippen molar-refractivity contribution < 1.29 is 9.53 Å². The van der Waals surface area contributed by atoms with Crippen molar-refractivity contribution in [3.63, 3.8) is 0 Å². The Morgan fingerprint density at radius 2 is 1.83 bits per heavy atom. The molecule has 0 aromatic heterocycles. The molecule has 0 fully saturated rings. The third kappa shape index (κ3) is 4.90. The number of phenolic OH excluding ortho intramolecular Hbond substituents is 1. The van der Waals surface area contributed by atoms with Crippen molar-refractivity contribution in [1.82, 2.24) is 0 Å². The molecule has 98 valence electrons. The van der Waals surface area contributed by atoms with Gasteiger partial charge in [-0.15, -0.1) is 0 Å². The molecule has 0 spiro atoms. The molecule has 0 saturated heterocycles. The third-order valence-electron chi connectivity index (χ3n) is 2.60. The zero-order valence-electron chi connectivity index (χ0n) is 11.5. The predicted molar refractivity (Wildman–Crippen MR) is 74.9 cm³/mol. The maximum absolute atomic E-state index is 9.28. The Hall–Kier alpha value is -1.31. The van der Waals surface area contributed by atoms with Gasteiger partial charge in [0.15, 0.2) is 8.32 Å². The Kier molecular flexibility index (Phi) is 4.55. The summed E-state index contributed by atoms with van der Waals surface area (Å²) in [7, 11) is -1.72. The SMILES string of the molecule is CC(C#N)(CCc1ccc(O)cc1)O[Si](C)(C)C. The van der Waals surface area contributed by atoms with E-state index in [2.05, 4.69) is 25.7 Å². The van der Waals surface area contributed by atoms with E-state index in [4.69, 9.17) is 4.43 Å². The highest BCUT2D eigenvalue weighted by Gasteiger charge is 2.31. The summed E-state index contributed by atoms with van der Waals surface area (Å²) in [6, 6.07) is 9.36. The number of aryl methyl sites for hydroxylation is 1. The zero-order valence-corrected chi connectivity index (χ0v) is 12.5. The molecule has 0 heterocycles. The Labute approximate surface area is 110 Å². The van der Waals surface area contributed by atoms with E-state index < -0.39 is 13.9 Å². The minimum absolute atomic E-state index is 0.264. The Morgan fingerprint density at radius 3 is 2.28 bits per heavy atom. The number of rotatable bonds is 5. The lowest BCUT2D eigenvalue weighted by atomic mass is 9.98. The van der Waals surface area contributed by atoms with Crippen LogP contribution in [0.1, 0.15) is 18.9 Å². The van der Waals surface area contributed by atoms with Crippen molar-refractivity contribution in [3.05, 3.63) is 29.8 Å². The molecule has 0 radical (unpaired) electrons. The fraction of sp³-hybridized carbons (Fsp3) is 0.500. The van der Waals surface area contributed by atoms with E-state index in [1.165, 1.54) is 0 Å². The summed E-state index contributed by atoms with van der Waals surface area (Å²) in [5.41, 5.74) is 0.385. The van der Waals surface area contributed by atoms with E-state index in [1.54, 1.807) is 12.1 Å². The number of nitriles is 1. The van der Waals surface area contributed by atoms with Gasteiger partial charge < -0.3 is 9.53 Å². The largest absolute Gasteiger partial charge is 0.508 e. The zero-order chi connectivity index (χ0) is 13.8. The summed E-state index contributed by atoms with van der Waals surface area (Å²) >= 11 is 0. The van der Waals surface area contributed by atoms with Crippen LogP contribution in [-0.4, -0.2) is 19.0 Å². The van der Waals surface area contributed by atoms with Crippen molar-refractivity contribution >= 4 is 8.32 Å². The number of hydrogen-bond acceptors (Lipinski definition) is 3. The molecule has 1 aromatic rings. The van der Waals surface area contributed by atoms with Crippen molar-refractivity contribution in [2.75, 3.05) is 0 Å². The van der Waals surface area contributed by atoms with E-state index in [-0.39, 0.29) is 5.75 Å². The lowest BCUT2D eigenvalue weighted by Crippen LogP contribution is -2.39. The van der Waals surface area contributed by atoms with Gasteiger partial charge in [0.2, 0.25) is 0 Å². The number of nitrogens with zero attached hydrogens (tertiary/aromatic N) is 1. The highest BCUT2D eigenvalue weighted by molar-refractivity contribution is 6.69. The third-order valence-corrected chi connectivity index (χ3v) is 3.66. The van der Waals surface area contributed by atoms with Crippen LogP contribution in [0.4, 0.5) is 0 Å². The molecule has 4 heteroatoms. The highest BCUT2D eigenvalue weighted by atomic mass is 28.4. The van der Waals surface area contributed by atoms with Crippen LogP contribution in [0.25, 0.3) is 0 Å². The van der Waals surface area contributed by atoms with Gasteiger partial charge in [-0.3, -0.25) is 0 Å². The van der Waals surface area contributed by atoms with Gasteiger partial charge in [-0.25, -0.2) is 0 Å². The van der Waals surface area contributed by atoms with Crippen molar-refractivity contribution in [2.45, 2.75) is 45.0 Å². The van der Waals surface area contributed by atoms with Crippen LogP contribution in [0.3, 0.4) is 0 Å². The molecule has 1 N–H and O–H groups in total. The second kappa shape index (κ2) is 5.55. The van der Waals surface area contributed by atoms with E-state index >= 15 is 0 Å². The molecule has 0 bridgehead atoms. The summed E-state index contributed by atoms with van der Waals surface area (Å²) in [4.78, 5) is 0. The van der Waals surface area contributed by atoms with Crippen LogP contribution in [0.2, 0.25) is 19.6 Å². The van der Waals surface area contributed by atoms with Crippen LogP contribution in [0.5, 0.6) is 5.75 Å². The molecule has 0 aliphatic carbocycles. The van der Waals surface area contributed by atoms with Gasteiger partial charge in [-0.2, -0.15) is 5.26 Å². The molecule has 0 aliphatic heterocycles. The van der Waals surface area contributed by atoms with E-state index in [9.17, 15) is 10.4 Å². The first-order valence-corrected chi connectivity index (χ1v) is 9.54. The quantitative estimate of drug-likeness (QED) is 0.828. The van der Waals surface area contributed by atoms with Crippen molar-refractivity contribution in [3.8, 4) is 11.8 Å². The maximum atomic E-state index is 9.28. The minimum atomic E-state index is -1.72. The fourth-order valence-corrected chi connectivity index (χ4v) is 3.35. The number of hydrogen-bond donors (Lipinski definition) is 1. The molecule has 1 aromatic carbocycles. The first-order chi connectivity index (χ1) is 8.24. The standard InChI is InChI=1S/C14H21NO2Si/c1-14(11-15,17-18(2,3)4)10-9-12-5-7-13(16)8-6-12/h5-8,16H,9-10H2,1-4H3. The molecule has 1 atom stereocenters. The molecule has 18 heavy (non-hydrogen) atoms. The van der Waals surface area contributed by atoms with E-state index in [0.29, 0.717) is 6.42 Å². The summed E-state index contributed by atoms with van der Waals surface area (Å²) in [5.74, 6) is 0.264. The Bertz CT molecular complexity index is 431. The molecular formula is C14H21NO2Si. The Balaban J connectivity index is 2.65. The van der Waals surface area contributed by atoms with E-state index in [0.717, 1.165) is 12.0 Å². The first-order valence-electron chi connectivity index (χ1n) is 6.13. The summed E-state index contributed by atoms with van der Waals surface area (Å²) < 4.78 is 5.95. The van der Waals surface area contributed by atoms with Gasteiger partial charge in [0.25, 0.3) is 0 Å². The second-order valence-electron chi connectivity index (χ2n) is 5.72. The van der Waals surface area contributed by atoms with Crippen molar-refractivity contribution in [1.29, 1.82) is 5.26 Å². The minimum Gasteiger partial charge on any atom is -0.508 e. The predicted octanol–water partition coefficient (Wildman–Crippen LogP) is 3.46. The molecule has 3 nitrogen and oxygen atoms in total. The molecule has 1 unspecified atom stereocenters. The van der Waals surface area contributed by atoms with Gasteiger partial charge >= 0.3 is 0 Å². The van der Waals surface area contributed by atoms with Crippen molar-refractivity contribution in [2.24, 2.45) is 0 Å². The van der Waals surface area contributed by atoms with Gasteiger partial charge in [-0.05, 0) is 57.1 Å². The molecule has 0 aliphatic rings. The normalized spacial score (nSPS) is 14.8. The highest BCUT2D eigenvalue weighted by Crippen LogP contribution is 2.23. The monoisotopic (exact) mass is 263 g/mol. The summed E-state index contributed by atoms with van der Waals surface area (Å²) in [6.45, 7) is 8.11. The summed E-state index contributed by atoms with van der Waals surface area (Å²) in [6.07, 6.45) is 1.44. The maximum Gasteiger partial charge on any atom is 0.185 e. The number of benzene rings is 1. The number of phenols is 1. The smallest absolute Gasteiger partial charge is 0.185 e. The fourth-order valence-electron chi connectivity index (χ4n) is 1.85. The lowest BCUT2D eigenvalue weighted by Gasteiger charge is -2.30. The number of aromatic hydroxyl groups is 1.